The molecule has 58 valence electrons. The maximum atomic E-state index is 10.3. The highest BCUT2D eigenvalue weighted by atomic mass is 32.2. The van der Waals surface area contributed by atoms with Crippen LogP contribution in [-0.4, -0.2) is 9.91 Å². The Balaban J connectivity index is 3.12. The molecule has 5 nitrogen and oxygen atoms in total. The van der Waals surface area contributed by atoms with Gasteiger partial charge in [-0.15, -0.1) is 0 Å². The predicted molar refractivity (Wildman–Crippen MR) is 40.9 cm³/mol. The predicted octanol–water partition coefficient (Wildman–Crippen LogP) is 0.956. The molecule has 0 unspecified atom stereocenters. The van der Waals surface area contributed by atoms with Gasteiger partial charge in [0.2, 0.25) is 0 Å². The Bertz CT molecular complexity index is 278. The molecule has 0 aromatic carbocycles. The van der Waals surface area contributed by atoms with Crippen LogP contribution in [0.1, 0.15) is 0 Å². The molecule has 0 amide bonds. The Labute approximate surface area is 66.9 Å². The van der Waals surface area contributed by atoms with E-state index < -0.39 is 4.92 Å². The maximum Gasteiger partial charge on any atom is 0.302 e. The molecule has 0 atom stereocenters. The lowest BCUT2D eigenvalue weighted by molar-refractivity contribution is -0.388. The summed E-state index contributed by atoms with van der Waals surface area (Å²) in [5.74, 6) is 0. The standard InChI is InChI=1S/C5H5N3O2S/c6-11-5-1-2-7-3-4(5)8(9)10/h1-3H,6H2. The second kappa shape index (κ2) is 3.31. The Morgan fingerprint density at radius 2 is 2.45 bits per heavy atom. The van der Waals surface area contributed by atoms with Gasteiger partial charge in [0.05, 0.1) is 4.92 Å². The molecule has 1 aromatic heterocycles. The summed E-state index contributed by atoms with van der Waals surface area (Å²) in [5.41, 5.74) is -0.0556. The van der Waals surface area contributed by atoms with Crippen molar-refractivity contribution in [2.24, 2.45) is 5.14 Å². The monoisotopic (exact) mass is 171 g/mol. The summed E-state index contributed by atoms with van der Waals surface area (Å²) in [6, 6.07) is 1.50. The summed E-state index contributed by atoms with van der Waals surface area (Å²) >= 11 is 0.842. The number of nitro groups is 1. The van der Waals surface area contributed by atoms with Gasteiger partial charge in [-0.2, -0.15) is 0 Å². The van der Waals surface area contributed by atoms with E-state index in [1.165, 1.54) is 18.5 Å². The van der Waals surface area contributed by atoms with E-state index >= 15 is 0 Å². The quantitative estimate of drug-likeness (QED) is 0.407. The highest BCUT2D eigenvalue weighted by Gasteiger charge is 2.11. The number of rotatable bonds is 2. The van der Waals surface area contributed by atoms with Crippen LogP contribution in [0.3, 0.4) is 0 Å². The first-order chi connectivity index (χ1) is 5.25. The maximum absolute atomic E-state index is 10.3. The fourth-order valence-electron chi connectivity index (χ4n) is 0.610. The zero-order valence-corrected chi connectivity index (χ0v) is 6.25. The molecule has 0 aliphatic carbocycles. The Kier molecular flexibility index (Phi) is 2.40. The van der Waals surface area contributed by atoms with Crippen molar-refractivity contribution in [1.82, 2.24) is 4.98 Å². The summed E-state index contributed by atoms with van der Waals surface area (Å²) in [6.45, 7) is 0. The third-order valence-electron chi connectivity index (χ3n) is 1.08. The number of pyridine rings is 1. The summed E-state index contributed by atoms with van der Waals surface area (Å²) in [4.78, 5) is 13.8. The van der Waals surface area contributed by atoms with Gasteiger partial charge in [0, 0.05) is 6.20 Å². The van der Waals surface area contributed by atoms with Gasteiger partial charge >= 0.3 is 5.69 Å². The van der Waals surface area contributed by atoms with Crippen molar-refractivity contribution in [3.05, 3.63) is 28.6 Å². The van der Waals surface area contributed by atoms with Crippen molar-refractivity contribution in [2.45, 2.75) is 4.90 Å². The van der Waals surface area contributed by atoms with Crippen LogP contribution in [-0.2, 0) is 0 Å². The van der Waals surface area contributed by atoms with Crippen LogP contribution in [0.4, 0.5) is 5.69 Å². The molecule has 11 heavy (non-hydrogen) atoms. The van der Waals surface area contributed by atoms with Gasteiger partial charge in [0.1, 0.15) is 11.1 Å². The Hall–Kier alpha value is -1.14. The largest absolute Gasteiger partial charge is 0.302 e. The van der Waals surface area contributed by atoms with Crippen molar-refractivity contribution in [1.29, 1.82) is 0 Å². The highest BCUT2D eigenvalue weighted by molar-refractivity contribution is 7.97. The first-order valence-electron chi connectivity index (χ1n) is 2.71. The molecule has 6 heteroatoms. The van der Waals surface area contributed by atoms with Crippen LogP contribution >= 0.6 is 11.9 Å². The molecule has 1 aromatic rings. The molecule has 0 aliphatic rings. The molecule has 0 radical (unpaired) electrons. The van der Waals surface area contributed by atoms with Crippen LogP contribution in [0.2, 0.25) is 0 Å². The van der Waals surface area contributed by atoms with Crippen molar-refractivity contribution >= 4 is 17.6 Å². The molecule has 0 bridgehead atoms. The third kappa shape index (κ3) is 1.66. The van der Waals surface area contributed by atoms with Crippen LogP contribution in [0.15, 0.2) is 23.4 Å². The molecule has 0 fully saturated rings. The zero-order chi connectivity index (χ0) is 8.27. The van der Waals surface area contributed by atoms with Crippen molar-refractivity contribution < 1.29 is 4.92 Å². The van der Waals surface area contributed by atoms with E-state index in [1.807, 2.05) is 0 Å². The number of hydrogen-bond acceptors (Lipinski definition) is 5. The normalized spacial score (nSPS) is 9.55. The smallest absolute Gasteiger partial charge is 0.273 e. The molecule has 0 saturated carbocycles. The average molecular weight is 171 g/mol. The number of hydrogen-bond donors (Lipinski definition) is 1. The molecule has 1 rings (SSSR count). The SMILES string of the molecule is NSc1ccncc1[N+](=O)[O-]. The lowest BCUT2D eigenvalue weighted by Gasteiger charge is -1.94. The fraction of sp³-hybridized carbons (Fsp3) is 0. The summed E-state index contributed by atoms with van der Waals surface area (Å²) < 4.78 is 0. The van der Waals surface area contributed by atoms with Crippen LogP contribution < -0.4 is 5.14 Å². The summed E-state index contributed by atoms with van der Waals surface area (Å²) in [7, 11) is 0. The van der Waals surface area contributed by atoms with Crippen molar-refractivity contribution in [3.63, 3.8) is 0 Å². The minimum atomic E-state index is -0.512. The Morgan fingerprint density at radius 1 is 1.73 bits per heavy atom. The van der Waals surface area contributed by atoms with E-state index in [1.54, 1.807) is 0 Å². The zero-order valence-electron chi connectivity index (χ0n) is 5.43. The van der Waals surface area contributed by atoms with Crippen molar-refractivity contribution in [2.75, 3.05) is 0 Å². The molecular formula is C5H5N3O2S. The molecule has 0 saturated heterocycles. The lowest BCUT2D eigenvalue weighted by atomic mass is 10.4. The summed E-state index contributed by atoms with van der Waals surface area (Å²) in [6.07, 6.45) is 2.64. The van der Waals surface area contributed by atoms with Gasteiger partial charge < -0.3 is 0 Å². The van der Waals surface area contributed by atoms with E-state index in [2.05, 4.69) is 4.98 Å². The molecule has 1 heterocycles. The molecule has 0 aliphatic heterocycles. The minimum absolute atomic E-state index is 0.0556. The highest BCUT2D eigenvalue weighted by Crippen LogP contribution is 2.22. The van der Waals surface area contributed by atoms with E-state index in [4.69, 9.17) is 5.14 Å². The van der Waals surface area contributed by atoms with Gasteiger partial charge in [-0.3, -0.25) is 20.2 Å². The summed E-state index contributed by atoms with van der Waals surface area (Å²) in [5, 5.41) is 15.5. The van der Waals surface area contributed by atoms with Crippen LogP contribution in [0, 0.1) is 10.1 Å². The number of nitrogens with zero attached hydrogens (tertiary/aromatic N) is 2. The average Bonchev–Trinajstić information content (AvgIpc) is 2.04. The van der Waals surface area contributed by atoms with Crippen molar-refractivity contribution in [3.8, 4) is 0 Å². The van der Waals surface area contributed by atoms with E-state index in [-0.39, 0.29) is 5.69 Å². The lowest BCUT2D eigenvalue weighted by Crippen LogP contribution is -1.92. The van der Waals surface area contributed by atoms with Gasteiger partial charge in [-0.1, -0.05) is 0 Å². The van der Waals surface area contributed by atoms with Gasteiger partial charge in [0.15, 0.2) is 0 Å². The molecule has 0 spiro atoms. The van der Waals surface area contributed by atoms with E-state index in [0.717, 1.165) is 11.9 Å². The molecular weight excluding hydrogens is 166 g/mol. The van der Waals surface area contributed by atoms with Crippen LogP contribution in [0.5, 0.6) is 0 Å². The van der Waals surface area contributed by atoms with Gasteiger partial charge in [-0.05, 0) is 18.0 Å². The number of nitrogens with two attached hydrogens (primary N) is 1. The first kappa shape index (κ1) is 7.96. The fourth-order valence-corrected chi connectivity index (χ4v) is 0.998. The first-order valence-corrected chi connectivity index (χ1v) is 3.59. The third-order valence-corrected chi connectivity index (χ3v) is 1.68. The van der Waals surface area contributed by atoms with Gasteiger partial charge in [-0.25, -0.2) is 0 Å². The topological polar surface area (TPSA) is 82.0 Å². The van der Waals surface area contributed by atoms with Crippen LogP contribution in [0.25, 0.3) is 0 Å². The molecule has 2 N–H and O–H groups in total. The minimum Gasteiger partial charge on any atom is -0.273 e. The van der Waals surface area contributed by atoms with E-state index in [9.17, 15) is 10.1 Å². The Morgan fingerprint density at radius 3 is 2.91 bits per heavy atom. The second-order valence-corrected chi connectivity index (χ2v) is 2.39. The van der Waals surface area contributed by atoms with Gasteiger partial charge in [0.25, 0.3) is 0 Å². The second-order valence-electron chi connectivity index (χ2n) is 1.72. The van der Waals surface area contributed by atoms with E-state index in [0.29, 0.717) is 4.90 Å². The number of aromatic nitrogens is 1.